The maximum atomic E-state index is 13.9. The average Bonchev–Trinajstić information content (AvgIpc) is 3.25. The van der Waals surface area contributed by atoms with E-state index in [0.717, 1.165) is 25.9 Å². The fraction of sp³-hybridized carbons (Fsp3) is 0.435. The van der Waals surface area contributed by atoms with Gasteiger partial charge in [-0.3, -0.25) is 14.1 Å². The molecule has 1 aromatic carbocycles. The Morgan fingerprint density at radius 2 is 2.00 bits per heavy atom. The van der Waals surface area contributed by atoms with Crippen molar-refractivity contribution in [2.24, 2.45) is 0 Å². The third-order valence-corrected chi connectivity index (χ3v) is 7.19. The highest BCUT2D eigenvalue weighted by atomic mass is 35.5. The molecule has 1 saturated carbocycles. The van der Waals surface area contributed by atoms with E-state index in [0.29, 0.717) is 59.4 Å². The smallest absolute Gasteiger partial charge is 0.279 e. The van der Waals surface area contributed by atoms with Crippen LogP contribution in [-0.4, -0.2) is 61.8 Å². The summed E-state index contributed by atoms with van der Waals surface area (Å²) in [5, 5.41) is 14.3. The molecule has 174 valence electrons. The van der Waals surface area contributed by atoms with Crippen molar-refractivity contribution in [1.82, 2.24) is 29.0 Å². The van der Waals surface area contributed by atoms with Crippen molar-refractivity contribution in [3.8, 4) is 17.7 Å². The molecular formula is C23H22ClN7O3. The Hall–Kier alpha value is -3.26. The molecule has 0 radical (unpaired) electrons. The Balaban J connectivity index is 1.55. The predicted octanol–water partition coefficient (Wildman–Crippen LogP) is 2.61. The summed E-state index contributed by atoms with van der Waals surface area (Å²) >= 11 is 6.36. The molecule has 2 aliphatic rings. The first-order valence-electron chi connectivity index (χ1n) is 11.3. The highest BCUT2D eigenvalue weighted by molar-refractivity contribution is 6.32. The van der Waals surface area contributed by atoms with Crippen LogP contribution in [0.15, 0.2) is 27.8 Å². The molecule has 1 aliphatic carbocycles. The summed E-state index contributed by atoms with van der Waals surface area (Å²) < 4.78 is 14.3. The molecule has 4 aromatic rings. The summed E-state index contributed by atoms with van der Waals surface area (Å²) in [7, 11) is 0. The lowest BCUT2D eigenvalue weighted by molar-refractivity contribution is 0.0364. The summed E-state index contributed by atoms with van der Waals surface area (Å²) in [5.74, 6) is 0.854. The molecule has 6 rings (SSSR count). The zero-order valence-corrected chi connectivity index (χ0v) is 19.4. The van der Waals surface area contributed by atoms with Gasteiger partial charge in [-0.05, 0) is 25.0 Å². The molecule has 0 atom stereocenters. The molecule has 0 amide bonds. The van der Waals surface area contributed by atoms with Gasteiger partial charge >= 0.3 is 0 Å². The normalized spacial score (nSPS) is 17.9. The van der Waals surface area contributed by atoms with Crippen molar-refractivity contribution in [1.29, 1.82) is 5.26 Å². The number of hydrogen-bond acceptors (Lipinski definition) is 8. The zero-order valence-electron chi connectivity index (χ0n) is 18.6. The van der Waals surface area contributed by atoms with Crippen LogP contribution in [-0.2, 0) is 16.7 Å². The maximum absolute atomic E-state index is 13.9. The summed E-state index contributed by atoms with van der Waals surface area (Å²) in [5.41, 5.74) is 1.72. The quantitative estimate of drug-likeness (QED) is 0.429. The number of imidazole rings is 1. The molecule has 4 heterocycles. The van der Waals surface area contributed by atoms with Gasteiger partial charge in [-0.15, -0.1) is 0 Å². The van der Waals surface area contributed by atoms with Crippen molar-refractivity contribution < 1.29 is 9.26 Å². The molecule has 0 bridgehead atoms. The second-order valence-corrected chi connectivity index (χ2v) is 9.52. The van der Waals surface area contributed by atoms with Crippen LogP contribution in [0.3, 0.4) is 0 Å². The fourth-order valence-electron chi connectivity index (χ4n) is 4.51. The molecular weight excluding hydrogens is 458 g/mol. The summed E-state index contributed by atoms with van der Waals surface area (Å²) in [6.45, 7) is 6.03. The number of hydrogen-bond donors (Lipinski definition) is 0. The van der Waals surface area contributed by atoms with Gasteiger partial charge in [0.1, 0.15) is 17.9 Å². The highest BCUT2D eigenvalue weighted by Gasteiger charge is 2.44. The molecule has 34 heavy (non-hydrogen) atoms. The minimum Gasteiger partial charge on any atom is -0.379 e. The van der Waals surface area contributed by atoms with Crippen LogP contribution in [0.5, 0.6) is 0 Å². The second kappa shape index (κ2) is 7.91. The fourth-order valence-corrected chi connectivity index (χ4v) is 4.70. The number of morpholine rings is 1. The topological polar surface area (TPSA) is 114 Å². The molecule has 1 saturated heterocycles. The van der Waals surface area contributed by atoms with Crippen LogP contribution >= 0.6 is 11.6 Å². The predicted molar refractivity (Wildman–Crippen MR) is 124 cm³/mol. The first kappa shape index (κ1) is 21.3. The van der Waals surface area contributed by atoms with Crippen LogP contribution in [0.25, 0.3) is 28.1 Å². The van der Waals surface area contributed by atoms with Crippen molar-refractivity contribution in [2.75, 3.05) is 32.8 Å². The summed E-state index contributed by atoms with van der Waals surface area (Å²) in [4.78, 5) is 25.1. The number of nitriles is 1. The number of nitrogens with zero attached hydrogens (tertiary/aromatic N) is 7. The monoisotopic (exact) mass is 479 g/mol. The van der Waals surface area contributed by atoms with E-state index >= 15 is 0 Å². The van der Waals surface area contributed by atoms with E-state index in [1.807, 2.05) is 0 Å². The standard InChI is InChI=1S/C23H22ClN7O3/c1-23(4-5-23)22-27-20(34-28-22)17-19-21(32)30(7-6-29-8-10-33-11-9-29)18-14(12-25)15(24)2-3-16(18)31(19)13-26-17/h2-3,13H,4-11H2,1H3. The Bertz CT molecular complexity index is 1520. The van der Waals surface area contributed by atoms with Gasteiger partial charge in [-0.2, -0.15) is 10.2 Å². The highest BCUT2D eigenvalue weighted by Crippen LogP contribution is 2.46. The lowest BCUT2D eigenvalue weighted by Crippen LogP contribution is -2.39. The van der Waals surface area contributed by atoms with Crippen LogP contribution < -0.4 is 5.56 Å². The van der Waals surface area contributed by atoms with Crippen LogP contribution in [0.4, 0.5) is 0 Å². The number of rotatable bonds is 5. The lowest BCUT2D eigenvalue weighted by Gasteiger charge is -2.27. The lowest BCUT2D eigenvalue weighted by atomic mass is 10.1. The molecule has 0 N–H and O–H groups in total. The summed E-state index contributed by atoms with van der Waals surface area (Å²) in [6.07, 6.45) is 3.57. The Labute approximate surface area is 199 Å². The molecule has 1 aliphatic heterocycles. The molecule has 11 heteroatoms. The van der Waals surface area contributed by atoms with Gasteiger partial charge < -0.3 is 13.8 Å². The van der Waals surface area contributed by atoms with Crippen molar-refractivity contribution in [2.45, 2.75) is 31.7 Å². The Morgan fingerprint density at radius 3 is 2.74 bits per heavy atom. The Morgan fingerprint density at radius 1 is 1.21 bits per heavy atom. The number of fused-ring (bicyclic) bond motifs is 3. The van der Waals surface area contributed by atoms with Crippen molar-refractivity contribution in [3.63, 3.8) is 0 Å². The Kier molecular flexibility index (Phi) is 4.95. The van der Waals surface area contributed by atoms with Crippen LogP contribution in [0, 0.1) is 11.3 Å². The second-order valence-electron chi connectivity index (χ2n) is 9.11. The zero-order chi connectivity index (χ0) is 23.4. The van der Waals surface area contributed by atoms with E-state index in [2.05, 4.69) is 33.0 Å². The van der Waals surface area contributed by atoms with Gasteiger partial charge in [0.05, 0.1) is 34.8 Å². The van der Waals surface area contributed by atoms with E-state index in [1.165, 1.54) is 0 Å². The molecule has 2 fully saturated rings. The summed E-state index contributed by atoms with van der Waals surface area (Å²) in [6, 6.07) is 5.64. The molecule has 3 aromatic heterocycles. The van der Waals surface area contributed by atoms with Gasteiger partial charge in [0.2, 0.25) is 0 Å². The first-order valence-corrected chi connectivity index (χ1v) is 11.6. The minimum atomic E-state index is -0.288. The van der Waals surface area contributed by atoms with E-state index < -0.39 is 0 Å². The van der Waals surface area contributed by atoms with E-state index in [1.54, 1.807) is 27.4 Å². The molecule has 10 nitrogen and oxygen atoms in total. The third-order valence-electron chi connectivity index (χ3n) is 6.87. The van der Waals surface area contributed by atoms with Crippen LogP contribution in [0.1, 0.15) is 31.2 Å². The van der Waals surface area contributed by atoms with Crippen molar-refractivity contribution >= 4 is 28.2 Å². The van der Waals surface area contributed by atoms with Gasteiger partial charge in [0, 0.05) is 31.6 Å². The van der Waals surface area contributed by atoms with Gasteiger partial charge in [0.25, 0.3) is 11.4 Å². The number of ether oxygens (including phenoxy) is 1. The average molecular weight is 480 g/mol. The molecule has 0 spiro atoms. The number of benzene rings is 1. The van der Waals surface area contributed by atoms with Crippen LogP contribution in [0.2, 0.25) is 5.02 Å². The minimum absolute atomic E-state index is 0.0687. The molecule has 0 unspecified atom stereocenters. The number of halogens is 1. The van der Waals surface area contributed by atoms with Gasteiger partial charge in [-0.1, -0.05) is 23.7 Å². The first-order chi connectivity index (χ1) is 16.5. The maximum Gasteiger partial charge on any atom is 0.279 e. The van der Waals surface area contributed by atoms with Gasteiger partial charge in [-0.25, -0.2) is 4.98 Å². The van der Waals surface area contributed by atoms with E-state index in [4.69, 9.17) is 20.9 Å². The van der Waals surface area contributed by atoms with E-state index in [-0.39, 0.29) is 22.4 Å². The SMILES string of the molecule is CC1(c2noc(-c3ncn4c3c(=O)n(CCN3CCOCC3)c3c(C#N)c(Cl)ccc34)n2)CC1. The van der Waals surface area contributed by atoms with Crippen molar-refractivity contribution in [3.05, 3.63) is 45.2 Å². The number of aromatic nitrogens is 5. The van der Waals surface area contributed by atoms with E-state index in [9.17, 15) is 10.1 Å². The van der Waals surface area contributed by atoms with Gasteiger partial charge in [0.15, 0.2) is 11.5 Å². The third kappa shape index (κ3) is 3.31. The largest absolute Gasteiger partial charge is 0.379 e.